The van der Waals surface area contributed by atoms with Gasteiger partial charge in [-0.05, 0) is 44.2 Å². The first-order valence-electron chi connectivity index (χ1n) is 11.6. The topological polar surface area (TPSA) is 88.1 Å². The minimum Gasteiger partial charge on any atom is -0.493 e. The highest BCUT2D eigenvalue weighted by atomic mass is 16.5. The van der Waals surface area contributed by atoms with E-state index >= 15 is 0 Å². The van der Waals surface area contributed by atoms with E-state index in [9.17, 15) is 9.59 Å². The van der Waals surface area contributed by atoms with Crippen molar-refractivity contribution in [2.75, 3.05) is 51.8 Å². The van der Waals surface area contributed by atoms with Gasteiger partial charge < -0.3 is 24.2 Å². The van der Waals surface area contributed by atoms with Gasteiger partial charge >= 0.3 is 0 Å². The number of aromatic nitrogens is 2. The minimum atomic E-state index is -0.132. The molecule has 0 radical (unpaired) electrons. The van der Waals surface area contributed by atoms with Crippen molar-refractivity contribution in [2.24, 2.45) is 5.92 Å². The largest absolute Gasteiger partial charge is 0.493 e. The number of amides is 2. The van der Waals surface area contributed by atoms with Crippen LogP contribution >= 0.6 is 0 Å². The molecule has 1 aromatic heterocycles. The summed E-state index contributed by atoms with van der Waals surface area (Å²) < 4.78 is 10.7. The molecule has 0 bridgehead atoms. The van der Waals surface area contributed by atoms with E-state index in [4.69, 9.17) is 9.47 Å². The van der Waals surface area contributed by atoms with Crippen LogP contribution in [0.5, 0.6) is 11.5 Å². The van der Waals surface area contributed by atoms with Gasteiger partial charge in [0.2, 0.25) is 11.8 Å². The highest BCUT2D eigenvalue weighted by molar-refractivity contribution is 5.86. The zero-order valence-corrected chi connectivity index (χ0v) is 20.9. The first kappa shape index (κ1) is 25.3. The number of nitrogens with zero attached hydrogens (tertiary/aromatic N) is 5. The third-order valence-electron chi connectivity index (χ3n) is 5.99. The summed E-state index contributed by atoms with van der Waals surface area (Å²) in [6.07, 6.45) is 0. The van der Waals surface area contributed by atoms with Crippen molar-refractivity contribution in [3.8, 4) is 22.8 Å². The van der Waals surface area contributed by atoms with Crippen molar-refractivity contribution >= 4 is 17.6 Å². The second kappa shape index (κ2) is 11.2. The molecule has 1 aromatic carbocycles. The minimum absolute atomic E-state index is 0.00632. The number of hydrogen-bond donors (Lipinski definition) is 0. The van der Waals surface area contributed by atoms with Gasteiger partial charge in [-0.3, -0.25) is 9.59 Å². The van der Waals surface area contributed by atoms with Gasteiger partial charge in [0.15, 0.2) is 17.3 Å². The van der Waals surface area contributed by atoms with Crippen LogP contribution < -0.4 is 14.4 Å². The molecule has 1 fully saturated rings. The maximum atomic E-state index is 12.8. The molecule has 184 valence electrons. The summed E-state index contributed by atoms with van der Waals surface area (Å²) in [7, 11) is 3.20. The molecule has 3 rings (SSSR count). The zero-order valence-electron chi connectivity index (χ0n) is 20.9. The smallest absolute Gasteiger partial charge is 0.242 e. The van der Waals surface area contributed by atoms with Gasteiger partial charge in [0, 0.05) is 43.7 Å². The van der Waals surface area contributed by atoms with Crippen LogP contribution in [0.15, 0.2) is 30.3 Å². The first-order chi connectivity index (χ1) is 16.2. The number of rotatable bonds is 8. The van der Waals surface area contributed by atoms with Crippen LogP contribution in [0.4, 0.5) is 5.82 Å². The van der Waals surface area contributed by atoms with Crippen molar-refractivity contribution in [1.29, 1.82) is 0 Å². The predicted octanol–water partition coefficient (Wildman–Crippen LogP) is 2.70. The van der Waals surface area contributed by atoms with Crippen LogP contribution in [0.3, 0.4) is 0 Å². The van der Waals surface area contributed by atoms with Gasteiger partial charge in [-0.15, -0.1) is 10.2 Å². The molecule has 1 aliphatic rings. The zero-order chi connectivity index (χ0) is 24.8. The van der Waals surface area contributed by atoms with Gasteiger partial charge in [-0.25, -0.2) is 0 Å². The molecule has 9 heteroatoms. The number of anilines is 1. The Morgan fingerprint density at radius 1 is 0.941 bits per heavy atom. The van der Waals surface area contributed by atoms with Crippen molar-refractivity contribution in [3.05, 3.63) is 30.3 Å². The fourth-order valence-electron chi connectivity index (χ4n) is 3.92. The Morgan fingerprint density at radius 3 is 2.15 bits per heavy atom. The van der Waals surface area contributed by atoms with Crippen molar-refractivity contribution in [3.63, 3.8) is 0 Å². The molecule has 9 nitrogen and oxygen atoms in total. The second-order valence-corrected chi connectivity index (χ2v) is 8.93. The standard InChI is InChI=1S/C25H35N5O4/c1-17(2)25(32)30(18(3)4)16-24(31)29-13-11-28(12-14-29)23-10-8-20(26-27-23)19-7-9-21(33-5)22(15-19)34-6/h7-10,15,17-18H,11-14,16H2,1-6H3. The van der Waals surface area contributed by atoms with E-state index in [0.717, 1.165) is 17.1 Å². The number of carbonyl (C=O) groups excluding carboxylic acids is 2. The van der Waals surface area contributed by atoms with Gasteiger partial charge in [-0.2, -0.15) is 0 Å². The highest BCUT2D eigenvalue weighted by Crippen LogP contribution is 2.31. The first-order valence-corrected chi connectivity index (χ1v) is 11.6. The van der Waals surface area contributed by atoms with E-state index < -0.39 is 0 Å². The van der Waals surface area contributed by atoms with Crippen molar-refractivity contribution in [1.82, 2.24) is 20.0 Å². The van der Waals surface area contributed by atoms with Crippen molar-refractivity contribution in [2.45, 2.75) is 33.7 Å². The van der Waals surface area contributed by atoms with Crippen LogP contribution in [0.1, 0.15) is 27.7 Å². The molecule has 2 aromatic rings. The van der Waals surface area contributed by atoms with Crippen LogP contribution in [0.2, 0.25) is 0 Å². The molecule has 1 aliphatic heterocycles. The normalized spacial score (nSPS) is 13.9. The second-order valence-electron chi connectivity index (χ2n) is 8.93. The lowest BCUT2D eigenvalue weighted by molar-refractivity contribution is -0.144. The van der Waals surface area contributed by atoms with Gasteiger partial charge in [0.25, 0.3) is 0 Å². The lowest BCUT2D eigenvalue weighted by atomic mass is 10.1. The number of piperazine rings is 1. The molecule has 0 unspecified atom stereocenters. The summed E-state index contributed by atoms with van der Waals surface area (Å²) in [5.74, 6) is 1.93. The summed E-state index contributed by atoms with van der Waals surface area (Å²) in [5.41, 5.74) is 1.62. The molecule has 0 saturated carbocycles. The third-order valence-corrected chi connectivity index (χ3v) is 5.99. The lowest BCUT2D eigenvalue weighted by Crippen LogP contribution is -2.53. The Balaban J connectivity index is 1.60. The molecule has 0 aliphatic carbocycles. The van der Waals surface area contributed by atoms with E-state index in [2.05, 4.69) is 15.1 Å². The maximum absolute atomic E-state index is 12.8. The number of methoxy groups -OCH3 is 2. The summed E-state index contributed by atoms with van der Waals surface area (Å²) in [6, 6.07) is 9.49. The number of benzene rings is 1. The van der Waals surface area contributed by atoms with Crippen LogP contribution in [-0.4, -0.2) is 84.8 Å². The molecule has 2 heterocycles. The molecule has 1 saturated heterocycles. The summed E-state index contributed by atoms with van der Waals surface area (Å²) in [5, 5.41) is 8.80. The number of hydrogen-bond acceptors (Lipinski definition) is 7. The summed E-state index contributed by atoms with van der Waals surface area (Å²) >= 11 is 0. The maximum Gasteiger partial charge on any atom is 0.242 e. The van der Waals surface area contributed by atoms with Gasteiger partial charge in [0.1, 0.15) is 0 Å². The van der Waals surface area contributed by atoms with Gasteiger partial charge in [-0.1, -0.05) is 13.8 Å². The SMILES string of the molecule is COc1ccc(-c2ccc(N3CCN(C(=O)CN(C(=O)C(C)C)C(C)C)CC3)nn2)cc1OC. The van der Waals surface area contributed by atoms with Crippen LogP contribution in [0, 0.1) is 5.92 Å². The average Bonchev–Trinajstić information content (AvgIpc) is 2.86. The molecular formula is C25H35N5O4. The molecule has 34 heavy (non-hydrogen) atoms. The van der Waals surface area contributed by atoms with E-state index in [-0.39, 0.29) is 30.3 Å². The number of ether oxygens (including phenoxy) is 2. The molecule has 0 atom stereocenters. The Labute approximate surface area is 201 Å². The molecule has 0 N–H and O–H groups in total. The summed E-state index contributed by atoms with van der Waals surface area (Å²) in [6.45, 7) is 10.2. The Kier molecular flexibility index (Phi) is 8.31. The van der Waals surface area contributed by atoms with E-state index in [0.29, 0.717) is 37.7 Å². The Morgan fingerprint density at radius 2 is 1.62 bits per heavy atom. The van der Waals surface area contributed by atoms with Gasteiger partial charge in [0.05, 0.1) is 26.5 Å². The van der Waals surface area contributed by atoms with Crippen LogP contribution in [-0.2, 0) is 9.59 Å². The highest BCUT2D eigenvalue weighted by Gasteiger charge is 2.27. The Hall–Kier alpha value is -3.36. The molecular weight excluding hydrogens is 434 g/mol. The van der Waals surface area contributed by atoms with E-state index in [1.807, 2.05) is 62.9 Å². The van der Waals surface area contributed by atoms with Crippen molar-refractivity contribution < 1.29 is 19.1 Å². The number of carbonyl (C=O) groups is 2. The average molecular weight is 470 g/mol. The fourth-order valence-corrected chi connectivity index (χ4v) is 3.92. The molecule has 2 amide bonds. The summed E-state index contributed by atoms with van der Waals surface area (Å²) in [4.78, 5) is 30.9. The molecule has 0 spiro atoms. The van der Waals surface area contributed by atoms with Crippen LogP contribution in [0.25, 0.3) is 11.3 Å². The van der Waals surface area contributed by atoms with E-state index in [1.165, 1.54) is 0 Å². The monoisotopic (exact) mass is 469 g/mol. The predicted molar refractivity (Wildman–Crippen MR) is 131 cm³/mol. The lowest BCUT2D eigenvalue weighted by Gasteiger charge is -2.37. The quantitative estimate of drug-likeness (QED) is 0.587. The fraction of sp³-hybridized carbons (Fsp3) is 0.520. The third kappa shape index (κ3) is 5.76. The Bertz CT molecular complexity index is 985. The van der Waals surface area contributed by atoms with E-state index in [1.54, 1.807) is 19.1 Å².